The van der Waals surface area contributed by atoms with Crippen molar-refractivity contribution in [2.75, 3.05) is 24.6 Å². The Hall–Kier alpha value is -2.60. The molecule has 6 heteroatoms. The lowest BCUT2D eigenvalue weighted by molar-refractivity contribution is -0.160. The smallest absolute Gasteiger partial charge is 0.337 e. The number of benzene rings is 1. The first-order valence-corrected chi connectivity index (χ1v) is 13.6. The van der Waals surface area contributed by atoms with Crippen LogP contribution in [0.2, 0.25) is 0 Å². The van der Waals surface area contributed by atoms with Gasteiger partial charge in [0, 0.05) is 35.6 Å². The van der Waals surface area contributed by atoms with Crippen LogP contribution in [0.25, 0.3) is 11.1 Å². The second-order valence-electron chi connectivity index (χ2n) is 12.3. The predicted octanol–water partition coefficient (Wildman–Crippen LogP) is 7.34. The number of rotatable bonds is 8. The van der Waals surface area contributed by atoms with E-state index in [0.717, 1.165) is 71.7 Å². The van der Waals surface area contributed by atoms with Crippen molar-refractivity contribution in [2.24, 2.45) is 5.41 Å². The molecule has 0 aliphatic carbocycles. The molecule has 3 rings (SSSR count). The molecular formula is C31H46N2O4. The Morgan fingerprint density at radius 2 is 1.65 bits per heavy atom. The zero-order valence-electron chi connectivity index (χ0n) is 24.5. The molecular weight excluding hydrogens is 464 g/mol. The summed E-state index contributed by atoms with van der Waals surface area (Å²) in [7, 11) is 0. The van der Waals surface area contributed by atoms with Crippen LogP contribution in [-0.2, 0) is 9.53 Å². The minimum absolute atomic E-state index is 0.257. The second kappa shape index (κ2) is 11.0. The third-order valence-corrected chi connectivity index (χ3v) is 7.17. The summed E-state index contributed by atoms with van der Waals surface area (Å²) in [4.78, 5) is 19.9. The van der Waals surface area contributed by atoms with Crippen LogP contribution >= 0.6 is 0 Å². The number of anilines is 1. The quantitative estimate of drug-likeness (QED) is 0.401. The first-order chi connectivity index (χ1) is 17.1. The number of nitrogens with zero attached hydrogens (tertiary/aromatic N) is 2. The fourth-order valence-corrected chi connectivity index (χ4v) is 5.28. The van der Waals surface area contributed by atoms with Crippen LogP contribution in [0.15, 0.2) is 12.1 Å². The number of aromatic nitrogens is 1. The summed E-state index contributed by atoms with van der Waals surface area (Å²) in [6, 6.07) is 4.30. The Balaban J connectivity index is 2.31. The van der Waals surface area contributed by atoms with E-state index >= 15 is 0 Å². The summed E-state index contributed by atoms with van der Waals surface area (Å²) in [5.74, 6) is -0.0758. The average molecular weight is 511 g/mol. The lowest BCUT2D eigenvalue weighted by Gasteiger charge is -2.41. The molecule has 0 amide bonds. The van der Waals surface area contributed by atoms with Crippen LogP contribution in [0.5, 0.6) is 5.75 Å². The highest BCUT2D eigenvalue weighted by Gasteiger charge is 2.36. The van der Waals surface area contributed by atoms with E-state index in [9.17, 15) is 9.90 Å². The molecule has 204 valence electrons. The van der Waals surface area contributed by atoms with Gasteiger partial charge in [0.2, 0.25) is 0 Å². The van der Waals surface area contributed by atoms with Crippen molar-refractivity contribution in [1.82, 2.24) is 4.98 Å². The van der Waals surface area contributed by atoms with E-state index in [1.54, 1.807) is 0 Å². The van der Waals surface area contributed by atoms with Crippen LogP contribution in [0.3, 0.4) is 0 Å². The van der Waals surface area contributed by atoms with Crippen LogP contribution in [0.4, 0.5) is 5.69 Å². The molecule has 2 heterocycles. The zero-order chi connectivity index (χ0) is 27.7. The summed E-state index contributed by atoms with van der Waals surface area (Å²) in [5.41, 5.74) is 6.97. The number of ether oxygens (including phenoxy) is 2. The molecule has 0 bridgehead atoms. The van der Waals surface area contributed by atoms with E-state index in [1.165, 1.54) is 0 Å². The van der Waals surface area contributed by atoms with Gasteiger partial charge in [-0.2, -0.15) is 0 Å². The van der Waals surface area contributed by atoms with Gasteiger partial charge in [-0.25, -0.2) is 4.79 Å². The van der Waals surface area contributed by atoms with Gasteiger partial charge >= 0.3 is 5.97 Å². The number of carbonyl (C=O) groups is 1. The van der Waals surface area contributed by atoms with E-state index in [2.05, 4.69) is 51.7 Å². The Labute approximate surface area is 223 Å². The molecule has 6 nitrogen and oxygen atoms in total. The van der Waals surface area contributed by atoms with Gasteiger partial charge in [0.05, 0.1) is 17.9 Å². The molecule has 2 aromatic rings. The third-order valence-electron chi connectivity index (χ3n) is 7.17. The monoisotopic (exact) mass is 510 g/mol. The maximum Gasteiger partial charge on any atom is 0.337 e. The van der Waals surface area contributed by atoms with Gasteiger partial charge in [0.1, 0.15) is 5.75 Å². The molecule has 1 N–H and O–H groups in total. The molecule has 37 heavy (non-hydrogen) atoms. The zero-order valence-corrected chi connectivity index (χ0v) is 24.5. The molecule has 1 aliphatic heterocycles. The largest absolute Gasteiger partial charge is 0.493 e. The number of hydrogen-bond donors (Lipinski definition) is 1. The molecule has 0 unspecified atom stereocenters. The summed E-state index contributed by atoms with van der Waals surface area (Å²) in [6.07, 6.45) is 1.90. The molecule has 1 saturated heterocycles. The van der Waals surface area contributed by atoms with Crippen molar-refractivity contribution in [2.45, 2.75) is 100 Å². The van der Waals surface area contributed by atoms with Gasteiger partial charge < -0.3 is 19.5 Å². The van der Waals surface area contributed by atoms with E-state index in [4.69, 9.17) is 14.5 Å². The first-order valence-electron chi connectivity index (χ1n) is 13.6. The van der Waals surface area contributed by atoms with Crippen molar-refractivity contribution < 1.29 is 19.4 Å². The normalized spacial score (nSPS) is 16.5. The second-order valence-corrected chi connectivity index (χ2v) is 12.3. The molecule has 1 aromatic carbocycles. The van der Waals surface area contributed by atoms with Gasteiger partial charge in [-0.1, -0.05) is 20.8 Å². The van der Waals surface area contributed by atoms with Gasteiger partial charge in [-0.15, -0.1) is 0 Å². The fourth-order valence-electron chi connectivity index (χ4n) is 5.28. The van der Waals surface area contributed by atoms with Crippen molar-refractivity contribution in [3.05, 3.63) is 40.2 Å². The number of piperidine rings is 1. The van der Waals surface area contributed by atoms with Gasteiger partial charge in [-0.3, -0.25) is 4.98 Å². The Morgan fingerprint density at radius 1 is 1.08 bits per heavy atom. The standard InChI is InChI=1S/C31H46N2O4/c1-11-16-36-27-19(2)17-23(18-20(27)3)24-21(4)32-22(5)25(28(29(34)35)37-30(6,7)8)26(24)33-14-12-31(9,10)13-15-33/h17-18,28H,11-16H2,1-10H3,(H,34,35)/t28-/m0/s1. The van der Waals surface area contributed by atoms with Crippen molar-refractivity contribution in [1.29, 1.82) is 0 Å². The molecule has 1 fully saturated rings. The minimum Gasteiger partial charge on any atom is -0.493 e. The minimum atomic E-state index is -1.12. The van der Waals surface area contributed by atoms with Crippen molar-refractivity contribution in [3.8, 4) is 16.9 Å². The maximum absolute atomic E-state index is 12.7. The maximum atomic E-state index is 12.7. The number of hydrogen-bond acceptors (Lipinski definition) is 5. The van der Waals surface area contributed by atoms with E-state index in [1.807, 2.05) is 34.6 Å². The highest BCUT2D eigenvalue weighted by Crippen LogP contribution is 2.45. The SMILES string of the molecule is CCCOc1c(C)cc(-c2c(C)nc(C)c([C@H](OC(C)(C)C)C(=O)O)c2N2CCC(C)(C)CC2)cc1C. The van der Waals surface area contributed by atoms with Crippen LogP contribution in [0, 0.1) is 33.1 Å². The molecule has 1 atom stereocenters. The topological polar surface area (TPSA) is 71.9 Å². The van der Waals surface area contributed by atoms with Crippen LogP contribution in [0.1, 0.15) is 95.0 Å². The summed E-state index contributed by atoms with van der Waals surface area (Å²) >= 11 is 0. The number of aryl methyl sites for hydroxylation is 4. The van der Waals surface area contributed by atoms with Gasteiger partial charge in [0.15, 0.2) is 6.10 Å². The average Bonchev–Trinajstić information content (AvgIpc) is 2.76. The van der Waals surface area contributed by atoms with Crippen molar-refractivity contribution >= 4 is 11.7 Å². The molecule has 1 aliphatic rings. The summed E-state index contributed by atoms with van der Waals surface area (Å²) in [6.45, 7) is 22.9. The van der Waals surface area contributed by atoms with E-state index in [0.29, 0.717) is 17.9 Å². The summed E-state index contributed by atoms with van der Waals surface area (Å²) in [5, 5.41) is 10.4. The number of carboxylic acid groups (broad SMARTS) is 1. The number of aliphatic carboxylic acids is 1. The van der Waals surface area contributed by atoms with Gasteiger partial charge in [0.25, 0.3) is 0 Å². The first kappa shape index (κ1) is 29.0. The Bertz CT molecular complexity index is 1110. The fraction of sp³-hybridized carbons (Fsp3) is 0.613. The van der Waals surface area contributed by atoms with Crippen LogP contribution < -0.4 is 9.64 Å². The molecule has 0 radical (unpaired) electrons. The van der Waals surface area contributed by atoms with E-state index < -0.39 is 17.7 Å². The van der Waals surface area contributed by atoms with Gasteiger partial charge in [-0.05, 0) is 102 Å². The predicted molar refractivity (Wildman–Crippen MR) is 151 cm³/mol. The highest BCUT2D eigenvalue weighted by atomic mass is 16.5. The Kier molecular flexibility index (Phi) is 8.63. The lowest BCUT2D eigenvalue weighted by atomic mass is 9.81. The molecule has 0 saturated carbocycles. The molecule has 0 spiro atoms. The van der Waals surface area contributed by atoms with E-state index in [-0.39, 0.29) is 5.41 Å². The number of carboxylic acids is 1. The third kappa shape index (κ3) is 6.64. The Morgan fingerprint density at radius 3 is 2.14 bits per heavy atom. The molecule has 1 aromatic heterocycles. The summed E-state index contributed by atoms with van der Waals surface area (Å²) < 4.78 is 12.2. The van der Waals surface area contributed by atoms with Crippen LogP contribution in [-0.4, -0.2) is 41.4 Å². The lowest BCUT2D eigenvalue weighted by Crippen LogP contribution is -2.39. The van der Waals surface area contributed by atoms with Crippen molar-refractivity contribution in [3.63, 3.8) is 0 Å². The number of pyridine rings is 1. The highest BCUT2D eigenvalue weighted by molar-refractivity contribution is 5.88.